The van der Waals surface area contributed by atoms with Gasteiger partial charge in [-0.2, -0.15) is 0 Å². The van der Waals surface area contributed by atoms with Gasteiger partial charge in [0.15, 0.2) is 18.5 Å². The summed E-state index contributed by atoms with van der Waals surface area (Å²) in [5, 5.41) is 9.42. The van der Waals surface area contributed by atoms with Crippen LogP contribution in [0.25, 0.3) is 0 Å². The molecule has 6 heteroatoms. The van der Waals surface area contributed by atoms with Gasteiger partial charge in [-0.1, -0.05) is 6.92 Å². The Morgan fingerprint density at radius 2 is 2.20 bits per heavy atom. The summed E-state index contributed by atoms with van der Waals surface area (Å²) < 4.78 is 15.3. The van der Waals surface area contributed by atoms with E-state index in [9.17, 15) is 14.7 Å². The van der Waals surface area contributed by atoms with Crippen LogP contribution >= 0.6 is 0 Å². The van der Waals surface area contributed by atoms with Crippen LogP contribution in [-0.4, -0.2) is 48.1 Å². The van der Waals surface area contributed by atoms with Gasteiger partial charge in [0.1, 0.15) is 6.10 Å². The van der Waals surface area contributed by atoms with Gasteiger partial charge in [0, 0.05) is 0 Å². The second-order valence-electron chi connectivity index (χ2n) is 3.52. The third-order valence-electron chi connectivity index (χ3n) is 2.50. The van der Waals surface area contributed by atoms with Gasteiger partial charge >= 0.3 is 5.97 Å². The quantitative estimate of drug-likeness (QED) is 0.470. The predicted octanol–water partition coefficient (Wildman–Crippen LogP) is -1.01. The Morgan fingerprint density at radius 3 is 2.67 bits per heavy atom. The molecule has 2 saturated heterocycles. The van der Waals surface area contributed by atoms with E-state index in [4.69, 9.17) is 14.2 Å². The Morgan fingerprint density at radius 1 is 1.47 bits per heavy atom. The standard InChI is InChI=1S/C9H12O6/c1-2-5-13-3-4(14-5)8-6(10)7(11)9(12)15-8/h4-6,8,10H,2-3H2,1H3. The number of carbonyl (C=O) groups excluding carboxylic acids is 2. The highest BCUT2D eigenvalue weighted by Crippen LogP contribution is 2.24. The van der Waals surface area contributed by atoms with Crippen molar-refractivity contribution in [2.75, 3.05) is 6.61 Å². The summed E-state index contributed by atoms with van der Waals surface area (Å²) in [6, 6.07) is 0. The van der Waals surface area contributed by atoms with E-state index < -0.39 is 30.1 Å². The fraction of sp³-hybridized carbons (Fsp3) is 0.778. The van der Waals surface area contributed by atoms with E-state index in [-0.39, 0.29) is 12.9 Å². The minimum absolute atomic E-state index is 0.223. The van der Waals surface area contributed by atoms with Crippen molar-refractivity contribution in [2.24, 2.45) is 0 Å². The number of aliphatic hydroxyl groups is 1. The Balaban J connectivity index is 2.01. The first-order chi connectivity index (χ1) is 7.13. The number of Topliss-reactive ketones (excluding diaryl/α,β-unsaturated/α-hetero) is 1. The van der Waals surface area contributed by atoms with E-state index >= 15 is 0 Å². The molecule has 6 nitrogen and oxygen atoms in total. The van der Waals surface area contributed by atoms with Crippen molar-refractivity contribution >= 4 is 11.8 Å². The van der Waals surface area contributed by atoms with Crippen LogP contribution in [0.1, 0.15) is 13.3 Å². The van der Waals surface area contributed by atoms with Crippen molar-refractivity contribution < 1.29 is 28.9 Å². The van der Waals surface area contributed by atoms with Gasteiger partial charge < -0.3 is 19.3 Å². The molecule has 4 unspecified atom stereocenters. The monoisotopic (exact) mass is 216 g/mol. The molecular formula is C9H12O6. The molecule has 0 radical (unpaired) electrons. The van der Waals surface area contributed by atoms with E-state index in [2.05, 4.69) is 0 Å². The number of aliphatic hydroxyl groups excluding tert-OH is 1. The van der Waals surface area contributed by atoms with Crippen LogP contribution in [0.4, 0.5) is 0 Å². The summed E-state index contributed by atoms with van der Waals surface area (Å²) in [5.41, 5.74) is 0. The lowest BCUT2D eigenvalue weighted by atomic mass is 10.1. The molecule has 0 amide bonds. The summed E-state index contributed by atoms with van der Waals surface area (Å²) in [5.74, 6) is -1.92. The van der Waals surface area contributed by atoms with Crippen LogP contribution in [0, 0.1) is 0 Å². The Labute approximate surface area is 86.1 Å². The fourth-order valence-electron chi connectivity index (χ4n) is 1.66. The highest BCUT2D eigenvalue weighted by molar-refractivity contribution is 6.37. The van der Waals surface area contributed by atoms with Gasteiger partial charge in [-0.05, 0) is 6.42 Å². The van der Waals surface area contributed by atoms with Gasteiger partial charge in [-0.15, -0.1) is 0 Å². The predicted molar refractivity (Wildman–Crippen MR) is 45.8 cm³/mol. The molecular weight excluding hydrogens is 204 g/mol. The minimum atomic E-state index is -1.43. The number of hydrogen-bond donors (Lipinski definition) is 1. The fourth-order valence-corrected chi connectivity index (χ4v) is 1.66. The number of rotatable bonds is 2. The lowest BCUT2D eigenvalue weighted by Gasteiger charge is -2.17. The van der Waals surface area contributed by atoms with E-state index in [1.807, 2.05) is 6.92 Å². The molecule has 0 aliphatic carbocycles. The van der Waals surface area contributed by atoms with Crippen molar-refractivity contribution in [3.63, 3.8) is 0 Å². The number of esters is 1. The first kappa shape index (κ1) is 10.5. The molecule has 0 bridgehead atoms. The molecule has 15 heavy (non-hydrogen) atoms. The zero-order valence-corrected chi connectivity index (χ0v) is 8.21. The molecule has 2 aliphatic heterocycles. The lowest BCUT2D eigenvalue weighted by Crippen LogP contribution is -2.38. The topological polar surface area (TPSA) is 82.1 Å². The zero-order chi connectivity index (χ0) is 11.0. The lowest BCUT2D eigenvalue weighted by molar-refractivity contribution is -0.152. The molecule has 0 spiro atoms. The van der Waals surface area contributed by atoms with Crippen molar-refractivity contribution in [2.45, 2.75) is 37.9 Å². The molecule has 2 aliphatic rings. The molecule has 0 aromatic rings. The second-order valence-corrected chi connectivity index (χ2v) is 3.52. The van der Waals surface area contributed by atoms with Gasteiger partial charge in [0.25, 0.3) is 5.78 Å². The summed E-state index contributed by atoms with van der Waals surface area (Å²) in [6.45, 7) is 2.11. The van der Waals surface area contributed by atoms with Crippen LogP contribution < -0.4 is 0 Å². The van der Waals surface area contributed by atoms with Gasteiger partial charge in [-0.25, -0.2) is 4.79 Å². The van der Waals surface area contributed by atoms with Crippen molar-refractivity contribution in [1.82, 2.24) is 0 Å². The molecule has 0 aromatic carbocycles. The maximum Gasteiger partial charge on any atom is 0.378 e. The van der Waals surface area contributed by atoms with Crippen LogP contribution in [-0.2, 0) is 23.8 Å². The first-order valence-electron chi connectivity index (χ1n) is 4.83. The van der Waals surface area contributed by atoms with Crippen molar-refractivity contribution in [3.05, 3.63) is 0 Å². The number of ketones is 1. The number of cyclic esters (lactones) is 1. The molecule has 4 atom stereocenters. The molecule has 2 rings (SSSR count). The van der Waals surface area contributed by atoms with Crippen LogP contribution in [0.3, 0.4) is 0 Å². The summed E-state index contributed by atoms with van der Waals surface area (Å²) in [6.07, 6.45) is -2.60. The Kier molecular flexibility index (Phi) is 2.72. The van der Waals surface area contributed by atoms with Crippen molar-refractivity contribution in [1.29, 1.82) is 0 Å². The van der Waals surface area contributed by atoms with E-state index in [0.29, 0.717) is 6.42 Å². The highest BCUT2D eigenvalue weighted by atomic mass is 16.7. The zero-order valence-electron chi connectivity index (χ0n) is 8.21. The van der Waals surface area contributed by atoms with E-state index in [1.165, 1.54) is 0 Å². The van der Waals surface area contributed by atoms with Crippen molar-refractivity contribution in [3.8, 4) is 0 Å². The van der Waals surface area contributed by atoms with Gasteiger partial charge in [-0.3, -0.25) is 4.79 Å². The molecule has 2 fully saturated rings. The second kappa shape index (κ2) is 3.88. The normalized spacial score (nSPS) is 40.9. The number of ether oxygens (including phenoxy) is 3. The van der Waals surface area contributed by atoms with Crippen LogP contribution in [0.5, 0.6) is 0 Å². The molecule has 84 valence electrons. The summed E-state index contributed by atoms with van der Waals surface area (Å²) in [4.78, 5) is 21.9. The van der Waals surface area contributed by atoms with E-state index in [0.717, 1.165) is 0 Å². The molecule has 0 aromatic heterocycles. The highest BCUT2D eigenvalue weighted by Gasteiger charge is 2.49. The maximum atomic E-state index is 11.0. The molecule has 0 saturated carbocycles. The third-order valence-corrected chi connectivity index (χ3v) is 2.50. The van der Waals surface area contributed by atoms with Gasteiger partial charge in [0.2, 0.25) is 0 Å². The smallest absolute Gasteiger partial charge is 0.378 e. The molecule has 2 heterocycles. The Hall–Kier alpha value is -0.980. The third kappa shape index (κ3) is 1.75. The molecule has 1 N–H and O–H groups in total. The maximum absolute atomic E-state index is 11.0. The number of hydrogen-bond acceptors (Lipinski definition) is 6. The minimum Gasteiger partial charge on any atom is -0.450 e. The summed E-state index contributed by atoms with van der Waals surface area (Å²) in [7, 11) is 0. The van der Waals surface area contributed by atoms with Gasteiger partial charge in [0.05, 0.1) is 6.61 Å². The summed E-state index contributed by atoms with van der Waals surface area (Å²) >= 11 is 0. The largest absolute Gasteiger partial charge is 0.450 e. The SMILES string of the molecule is CCC1OCC(C2OC(=O)C(=O)C2O)O1. The number of carbonyl (C=O) groups is 2. The first-order valence-corrected chi connectivity index (χ1v) is 4.83. The van der Waals surface area contributed by atoms with E-state index in [1.54, 1.807) is 0 Å². The Bertz CT molecular complexity index is 288. The van der Waals surface area contributed by atoms with Crippen LogP contribution in [0.2, 0.25) is 0 Å². The average molecular weight is 216 g/mol. The van der Waals surface area contributed by atoms with Crippen LogP contribution in [0.15, 0.2) is 0 Å². The average Bonchev–Trinajstić information content (AvgIpc) is 2.79.